The average Bonchev–Trinajstić information content (AvgIpc) is 2.24. The molecule has 0 saturated carbocycles. The summed E-state index contributed by atoms with van der Waals surface area (Å²) in [6, 6.07) is 0. The molecule has 0 amide bonds. The van der Waals surface area contributed by atoms with Crippen LogP contribution in [0.25, 0.3) is 0 Å². The molecule has 1 N–H and O–H groups in total. The van der Waals surface area contributed by atoms with E-state index < -0.39 is 15.8 Å². The Hall–Kier alpha value is -0.170. The Morgan fingerprint density at radius 2 is 1.44 bits per heavy atom. The fourth-order valence-corrected chi connectivity index (χ4v) is 3.75. The standard InChI is InChI=1S/C12H28N2O3S/c1-6-9-14(10-7-2)18(16,17)13(8-3)11-12(4,5)15/h15H,6-11H2,1-5H3. The fraction of sp³-hybridized carbons (Fsp3) is 1.00. The molecule has 0 rings (SSSR count). The van der Waals surface area contributed by atoms with Gasteiger partial charge in [-0.1, -0.05) is 20.8 Å². The van der Waals surface area contributed by atoms with Crippen molar-refractivity contribution in [2.45, 2.75) is 53.1 Å². The van der Waals surface area contributed by atoms with Crippen molar-refractivity contribution in [3.05, 3.63) is 0 Å². The number of aliphatic hydroxyl groups is 1. The van der Waals surface area contributed by atoms with E-state index in [1.807, 2.05) is 13.8 Å². The van der Waals surface area contributed by atoms with E-state index in [9.17, 15) is 13.5 Å². The Morgan fingerprint density at radius 3 is 1.72 bits per heavy atom. The van der Waals surface area contributed by atoms with Crippen molar-refractivity contribution in [3.63, 3.8) is 0 Å². The van der Waals surface area contributed by atoms with E-state index in [0.29, 0.717) is 19.6 Å². The molecule has 0 unspecified atom stereocenters. The Bertz CT molecular complexity index is 317. The molecule has 0 aromatic rings. The normalized spacial score (nSPS) is 13.6. The molecule has 5 nitrogen and oxygen atoms in total. The maximum Gasteiger partial charge on any atom is 0.282 e. The van der Waals surface area contributed by atoms with Gasteiger partial charge in [0.1, 0.15) is 0 Å². The molecule has 0 saturated heterocycles. The van der Waals surface area contributed by atoms with Gasteiger partial charge in [-0.2, -0.15) is 17.0 Å². The molecule has 0 radical (unpaired) electrons. The van der Waals surface area contributed by atoms with Gasteiger partial charge in [0.25, 0.3) is 10.2 Å². The highest BCUT2D eigenvalue weighted by atomic mass is 32.2. The number of hydrogen-bond donors (Lipinski definition) is 1. The highest BCUT2D eigenvalue weighted by Gasteiger charge is 2.31. The lowest BCUT2D eigenvalue weighted by Crippen LogP contribution is -2.49. The third kappa shape index (κ3) is 5.65. The summed E-state index contributed by atoms with van der Waals surface area (Å²) in [7, 11) is -3.46. The van der Waals surface area contributed by atoms with Crippen LogP contribution in [-0.4, -0.2) is 53.9 Å². The van der Waals surface area contributed by atoms with E-state index in [1.54, 1.807) is 20.8 Å². The van der Waals surface area contributed by atoms with Gasteiger partial charge < -0.3 is 5.11 Å². The average molecular weight is 280 g/mol. The summed E-state index contributed by atoms with van der Waals surface area (Å²) in [5.41, 5.74) is -1.02. The van der Waals surface area contributed by atoms with Crippen molar-refractivity contribution in [2.24, 2.45) is 0 Å². The lowest BCUT2D eigenvalue weighted by Gasteiger charge is -2.32. The van der Waals surface area contributed by atoms with Crippen LogP contribution in [0, 0.1) is 0 Å². The summed E-state index contributed by atoms with van der Waals surface area (Å²) in [4.78, 5) is 0. The first kappa shape index (κ1) is 17.8. The van der Waals surface area contributed by atoms with Gasteiger partial charge >= 0.3 is 0 Å². The highest BCUT2D eigenvalue weighted by Crippen LogP contribution is 2.14. The number of hydrogen-bond acceptors (Lipinski definition) is 3. The Labute approximate surface area is 112 Å². The SMILES string of the molecule is CCCN(CCC)S(=O)(=O)N(CC)CC(C)(C)O. The predicted octanol–water partition coefficient (Wildman–Crippen LogP) is 1.45. The minimum Gasteiger partial charge on any atom is -0.389 e. The van der Waals surface area contributed by atoms with Crippen molar-refractivity contribution in [3.8, 4) is 0 Å². The number of nitrogens with zero attached hydrogens (tertiary/aromatic N) is 2. The summed E-state index contributed by atoms with van der Waals surface area (Å²) in [6.07, 6.45) is 1.58. The van der Waals surface area contributed by atoms with E-state index in [1.165, 1.54) is 8.61 Å². The Kier molecular flexibility index (Phi) is 7.36. The largest absolute Gasteiger partial charge is 0.389 e. The summed E-state index contributed by atoms with van der Waals surface area (Å²) in [6.45, 7) is 10.5. The van der Waals surface area contributed by atoms with Crippen LogP contribution in [0.2, 0.25) is 0 Å². The summed E-state index contributed by atoms with van der Waals surface area (Å²) >= 11 is 0. The molecule has 0 heterocycles. The van der Waals surface area contributed by atoms with Crippen molar-refractivity contribution in [1.29, 1.82) is 0 Å². The molecule has 0 aliphatic carbocycles. The van der Waals surface area contributed by atoms with Gasteiger partial charge in [0.05, 0.1) is 5.60 Å². The predicted molar refractivity (Wildman–Crippen MR) is 74.6 cm³/mol. The van der Waals surface area contributed by atoms with Crippen LogP contribution in [0.1, 0.15) is 47.5 Å². The van der Waals surface area contributed by atoms with Crippen molar-refractivity contribution in [2.75, 3.05) is 26.2 Å². The lowest BCUT2D eigenvalue weighted by atomic mass is 10.1. The lowest BCUT2D eigenvalue weighted by molar-refractivity contribution is 0.0585. The summed E-state index contributed by atoms with van der Waals surface area (Å²) in [5, 5.41) is 9.80. The van der Waals surface area contributed by atoms with Crippen LogP contribution in [0.5, 0.6) is 0 Å². The minimum absolute atomic E-state index is 0.121. The van der Waals surface area contributed by atoms with E-state index >= 15 is 0 Å². The first-order valence-corrected chi connectivity index (χ1v) is 8.06. The Morgan fingerprint density at radius 1 is 1.00 bits per heavy atom. The first-order valence-electron chi connectivity index (χ1n) is 6.66. The molecule has 18 heavy (non-hydrogen) atoms. The van der Waals surface area contributed by atoms with Crippen molar-refractivity contribution < 1.29 is 13.5 Å². The van der Waals surface area contributed by atoms with Gasteiger partial charge in [-0.05, 0) is 26.7 Å². The molecule has 0 aliphatic rings. The quantitative estimate of drug-likeness (QED) is 0.695. The second kappa shape index (κ2) is 7.43. The smallest absolute Gasteiger partial charge is 0.282 e. The zero-order valence-electron chi connectivity index (χ0n) is 12.3. The molecule has 110 valence electrons. The second-order valence-electron chi connectivity index (χ2n) is 5.15. The molecule has 0 aromatic heterocycles. The molecule has 0 aromatic carbocycles. The van der Waals surface area contributed by atoms with E-state index in [0.717, 1.165) is 12.8 Å². The fourth-order valence-electron chi connectivity index (χ4n) is 1.79. The van der Waals surface area contributed by atoms with E-state index in [4.69, 9.17) is 0 Å². The molecule has 0 fully saturated rings. The molecular formula is C12H28N2O3S. The van der Waals surface area contributed by atoms with Crippen LogP contribution < -0.4 is 0 Å². The second-order valence-corrected chi connectivity index (χ2v) is 7.07. The summed E-state index contributed by atoms with van der Waals surface area (Å²) < 4.78 is 27.8. The van der Waals surface area contributed by atoms with Crippen molar-refractivity contribution >= 4 is 10.2 Å². The molecule has 0 spiro atoms. The molecule has 6 heteroatoms. The van der Waals surface area contributed by atoms with Crippen LogP contribution in [0.15, 0.2) is 0 Å². The minimum atomic E-state index is -3.46. The van der Waals surface area contributed by atoms with E-state index in [-0.39, 0.29) is 6.54 Å². The van der Waals surface area contributed by atoms with Crippen molar-refractivity contribution in [1.82, 2.24) is 8.61 Å². The third-order valence-corrected chi connectivity index (χ3v) is 4.57. The maximum atomic E-state index is 12.5. The molecule has 0 atom stereocenters. The first-order chi connectivity index (χ1) is 8.19. The van der Waals surface area contributed by atoms with Crippen LogP contribution in [-0.2, 0) is 10.2 Å². The van der Waals surface area contributed by atoms with Gasteiger partial charge in [0.15, 0.2) is 0 Å². The van der Waals surface area contributed by atoms with Crippen LogP contribution >= 0.6 is 0 Å². The van der Waals surface area contributed by atoms with Crippen LogP contribution in [0.3, 0.4) is 0 Å². The zero-order valence-corrected chi connectivity index (χ0v) is 13.1. The Balaban J connectivity index is 5.03. The highest BCUT2D eigenvalue weighted by molar-refractivity contribution is 7.86. The topological polar surface area (TPSA) is 60.9 Å². The molecule has 0 aliphatic heterocycles. The monoisotopic (exact) mass is 280 g/mol. The van der Waals surface area contributed by atoms with Gasteiger partial charge in [0.2, 0.25) is 0 Å². The van der Waals surface area contributed by atoms with Gasteiger partial charge in [-0.3, -0.25) is 0 Å². The summed E-state index contributed by atoms with van der Waals surface area (Å²) in [5.74, 6) is 0. The number of likely N-dealkylation sites (N-methyl/N-ethyl adjacent to an activating group) is 1. The molecular weight excluding hydrogens is 252 g/mol. The third-order valence-electron chi connectivity index (χ3n) is 2.51. The van der Waals surface area contributed by atoms with Gasteiger partial charge in [0, 0.05) is 26.2 Å². The van der Waals surface area contributed by atoms with Crippen LogP contribution in [0.4, 0.5) is 0 Å². The molecule has 0 bridgehead atoms. The van der Waals surface area contributed by atoms with Gasteiger partial charge in [-0.25, -0.2) is 0 Å². The van der Waals surface area contributed by atoms with Gasteiger partial charge in [-0.15, -0.1) is 0 Å². The van der Waals surface area contributed by atoms with E-state index in [2.05, 4.69) is 0 Å². The maximum absolute atomic E-state index is 12.5. The zero-order chi connectivity index (χ0) is 14.4. The number of rotatable bonds is 9.